The van der Waals surface area contributed by atoms with E-state index in [9.17, 15) is 22.8 Å². The highest BCUT2D eigenvalue weighted by molar-refractivity contribution is 7.89. The Morgan fingerprint density at radius 3 is 2.37 bits per heavy atom. The van der Waals surface area contributed by atoms with Gasteiger partial charge in [0.2, 0.25) is 10.0 Å². The molecule has 5 rings (SSSR count). The van der Waals surface area contributed by atoms with Crippen molar-refractivity contribution in [2.45, 2.75) is 11.8 Å². The summed E-state index contributed by atoms with van der Waals surface area (Å²) in [6, 6.07) is 15.5. The quantitative estimate of drug-likeness (QED) is 0.482. The molecule has 11 heteroatoms. The van der Waals surface area contributed by atoms with E-state index in [-0.39, 0.29) is 46.1 Å². The third kappa shape index (κ3) is 4.44. The zero-order valence-electron chi connectivity index (χ0n) is 20.8. The number of carbonyl (C=O) groups excluding carboxylic acids is 3. The number of nitrogens with zero attached hydrogens (tertiary/aromatic N) is 2. The number of carbonyl (C=O) groups is 3. The van der Waals surface area contributed by atoms with Gasteiger partial charge < -0.3 is 14.8 Å². The maximum Gasteiger partial charge on any atom is 0.266 e. The second-order valence-corrected chi connectivity index (χ2v) is 10.8. The normalized spacial score (nSPS) is 15.9. The van der Waals surface area contributed by atoms with Crippen molar-refractivity contribution in [2.75, 3.05) is 43.6 Å². The minimum atomic E-state index is -3.81. The first-order valence-electron chi connectivity index (χ1n) is 11.9. The fraction of sp³-hybridized carbons (Fsp3) is 0.222. The van der Waals surface area contributed by atoms with Crippen molar-refractivity contribution >= 4 is 39.1 Å². The van der Waals surface area contributed by atoms with Crippen molar-refractivity contribution in [3.63, 3.8) is 0 Å². The fourth-order valence-corrected chi connectivity index (χ4v) is 5.93. The highest BCUT2D eigenvalue weighted by atomic mass is 32.2. The number of sulfonamides is 1. The molecule has 0 aliphatic carbocycles. The SMILES string of the molecule is COc1ccc(S(=O)(=O)N2CCOCC2)cc1NC(=O)c1ccc2c(c1)C(=O)N(c1ccccc1C)C2=O. The number of ether oxygens (including phenoxy) is 2. The van der Waals surface area contributed by atoms with Crippen LogP contribution < -0.4 is 15.0 Å². The van der Waals surface area contributed by atoms with Crippen molar-refractivity contribution in [1.82, 2.24) is 4.31 Å². The molecular weight excluding hydrogens is 510 g/mol. The van der Waals surface area contributed by atoms with Crippen LogP contribution in [-0.2, 0) is 14.8 Å². The summed E-state index contributed by atoms with van der Waals surface area (Å²) in [5.74, 6) is -1.32. The lowest BCUT2D eigenvalue weighted by Crippen LogP contribution is -2.40. The van der Waals surface area contributed by atoms with E-state index >= 15 is 0 Å². The molecule has 3 aromatic rings. The number of amides is 3. The predicted octanol–water partition coefficient (Wildman–Crippen LogP) is 3.08. The summed E-state index contributed by atoms with van der Waals surface area (Å²) in [4.78, 5) is 40.5. The van der Waals surface area contributed by atoms with Crippen LogP contribution in [0.4, 0.5) is 11.4 Å². The van der Waals surface area contributed by atoms with Gasteiger partial charge in [0.1, 0.15) is 5.75 Å². The Morgan fingerprint density at radius 2 is 1.66 bits per heavy atom. The molecule has 3 amide bonds. The summed E-state index contributed by atoms with van der Waals surface area (Å²) < 4.78 is 38.1. The smallest absolute Gasteiger partial charge is 0.266 e. The molecule has 0 bridgehead atoms. The van der Waals surface area contributed by atoms with E-state index in [1.807, 2.05) is 6.07 Å². The van der Waals surface area contributed by atoms with E-state index in [2.05, 4.69) is 5.32 Å². The topological polar surface area (TPSA) is 122 Å². The molecule has 2 heterocycles. The summed E-state index contributed by atoms with van der Waals surface area (Å²) in [5.41, 5.74) is 1.83. The standard InChI is InChI=1S/C27H25N3O7S/c1-17-5-3-4-6-23(17)30-26(32)20-9-7-18(15-21(20)27(30)33)25(31)28-22-16-19(8-10-24(22)36-2)38(34,35)29-11-13-37-14-12-29/h3-10,15-16H,11-14H2,1-2H3,(H,28,31). The van der Waals surface area contributed by atoms with E-state index < -0.39 is 27.7 Å². The van der Waals surface area contributed by atoms with Crippen molar-refractivity contribution < 1.29 is 32.3 Å². The molecular formula is C27H25N3O7S. The summed E-state index contributed by atoms with van der Waals surface area (Å²) in [7, 11) is -2.40. The van der Waals surface area contributed by atoms with Crippen molar-refractivity contribution in [3.8, 4) is 5.75 Å². The van der Waals surface area contributed by atoms with Crippen LogP contribution in [0.5, 0.6) is 5.75 Å². The Balaban J connectivity index is 1.43. The number of fused-ring (bicyclic) bond motifs is 1. The van der Waals surface area contributed by atoms with Gasteiger partial charge in [-0.3, -0.25) is 14.4 Å². The van der Waals surface area contributed by atoms with E-state index in [1.54, 1.807) is 25.1 Å². The van der Waals surface area contributed by atoms with Gasteiger partial charge in [-0.15, -0.1) is 0 Å². The third-order valence-corrected chi connectivity index (χ3v) is 8.43. The molecule has 1 fully saturated rings. The fourth-order valence-electron chi connectivity index (χ4n) is 4.49. The lowest BCUT2D eigenvalue weighted by Gasteiger charge is -2.26. The Labute approximate surface area is 219 Å². The molecule has 1 N–H and O–H groups in total. The van der Waals surface area contributed by atoms with Gasteiger partial charge in [0.25, 0.3) is 17.7 Å². The molecule has 10 nitrogen and oxygen atoms in total. The number of morpholine rings is 1. The first-order chi connectivity index (χ1) is 18.2. The molecule has 3 aromatic carbocycles. The number of anilines is 2. The number of aryl methyl sites for hydroxylation is 1. The maximum absolute atomic E-state index is 13.2. The van der Waals surface area contributed by atoms with Crippen molar-refractivity contribution in [3.05, 3.63) is 82.9 Å². The summed E-state index contributed by atoms with van der Waals surface area (Å²) in [5, 5.41) is 2.68. The number of methoxy groups -OCH3 is 1. The van der Waals surface area contributed by atoms with Crippen LogP contribution in [0, 0.1) is 6.92 Å². The molecule has 2 aliphatic rings. The minimum absolute atomic E-state index is 0.000833. The van der Waals surface area contributed by atoms with E-state index in [4.69, 9.17) is 9.47 Å². The second-order valence-electron chi connectivity index (χ2n) is 8.83. The number of hydrogen-bond donors (Lipinski definition) is 1. The van der Waals surface area contributed by atoms with Crippen molar-refractivity contribution in [1.29, 1.82) is 0 Å². The van der Waals surface area contributed by atoms with Crippen LogP contribution in [0.1, 0.15) is 36.6 Å². The highest BCUT2D eigenvalue weighted by Gasteiger charge is 2.38. The molecule has 38 heavy (non-hydrogen) atoms. The monoisotopic (exact) mass is 535 g/mol. The zero-order chi connectivity index (χ0) is 27.0. The van der Waals surface area contributed by atoms with Crippen LogP contribution >= 0.6 is 0 Å². The van der Waals surface area contributed by atoms with E-state index in [1.165, 1.54) is 47.8 Å². The van der Waals surface area contributed by atoms with Crippen LogP contribution in [0.3, 0.4) is 0 Å². The van der Waals surface area contributed by atoms with Crippen LogP contribution in [0.25, 0.3) is 0 Å². The molecule has 0 spiro atoms. The summed E-state index contributed by atoms with van der Waals surface area (Å²) in [6.07, 6.45) is 0. The van der Waals surface area contributed by atoms with E-state index in [0.717, 1.165) is 10.5 Å². The number of para-hydroxylation sites is 1. The van der Waals surface area contributed by atoms with Gasteiger partial charge >= 0.3 is 0 Å². The van der Waals surface area contributed by atoms with Gasteiger partial charge in [0.15, 0.2) is 0 Å². The Kier molecular flexibility index (Phi) is 6.74. The van der Waals surface area contributed by atoms with Gasteiger partial charge in [-0.25, -0.2) is 13.3 Å². The van der Waals surface area contributed by atoms with Crippen LogP contribution in [-0.4, -0.2) is 63.9 Å². The average Bonchev–Trinajstić information content (AvgIpc) is 3.18. The molecule has 0 unspecified atom stereocenters. The lowest BCUT2D eigenvalue weighted by molar-refractivity contribution is 0.0730. The van der Waals surface area contributed by atoms with E-state index in [0.29, 0.717) is 18.9 Å². The molecule has 0 saturated carbocycles. The van der Waals surface area contributed by atoms with Gasteiger partial charge in [-0.1, -0.05) is 18.2 Å². The maximum atomic E-state index is 13.2. The number of nitrogens with one attached hydrogen (secondary N) is 1. The zero-order valence-corrected chi connectivity index (χ0v) is 21.6. The Hall–Kier alpha value is -4.06. The van der Waals surface area contributed by atoms with Crippen LogP contribution in [0.2, 0.25) is 0 Å². The Bertz CT molecular complexity index is 1560. The van der Waals surface area contributed by atoms with Gasteiger partial charge in [0, 0.05) is 18.7 Å². The van der Waals surface area contributed by atoms with Crippen molar-refractivity contribution in [2.24, 2.45) is 0 Å². The molecule has 1 saturated heterocycles. The number of benzene rings is 3. The molecule has 2 aliphatic heterocycles. The summed E-state index contributed by atoms with van der Waals surface area (Å²) >= 11 is 0. The van der Waals surface area contributed by atoms with Gasteiger partial charge in [0.05, 0.1) is 47.7 Å². The lowest BCUT2D eigenvalue weighted by atomic mass is 10.1. The largest absolute Gasteiger partial charge is 0.495 e. The Morgan fingerprint density at radius 1 is 0.947 bits per heavy atom. The third-order valence-electron chi connectivity index (χ3n) is 6.53. The number of imide groups is 1. The highest BCUT2D eigenvalue weighted by Crippen LogP contribution is 2.32. The first kappa shape index (κ1) is 25.6. The van der Waals surface area contributed by atoms with Crippen LogP contribution in [0.15, 0.2) is 65.6 Å². The van der Waals surface area contributed by atoms with Gasteiger partial charge in [-0.05, 0) is 55.0 Å². The number of hydrogen-bond acceptors (Lipinski definition) is 7. The van der Waals surface area contributed by atoms with Gasteiger partial charge in [-0.2, -0.15) is 4.31 Å². The molecule has 0 aromatic heterocycles. The number of rotatable bonds is 6. The first-order valence-corrected chi connectivity index (χ1v) is 13.3. The summed E-state index contributed by atoms with van der Waals surface area (Å²) in [6.45, 7) is 2.88. The average molecular weight is 536 g/mol. The predicted molar refractivity (Wildman–Crippen MR) is 139 cm³/mol. The molecule has 0 atom stereocenters. The molecule has 196 valence electrons. The second kappa shape index (κ2) is 10.0. The molecule has 0 radical (unpaired) electrons. The minimum Gasteiger partial charge on any atom is -0.495 e.